The van der Waals surface area contributed by atoms with Crippen LogP contribution in [0.25, 0.3) is 5.70 Å². The number of rotatable bonds is 9. The number of furan rings is 2. The highest BCUT2D eigenvalue weighted by molar-refractivity contribution is 7.08. The second kappa shape index (κ2) is 15.2. The highest BCUT2D eigenvalue weighted by Crippen LogP contribution is 2.39. The summed E-state index contributed by atoms with van der Waals surface area (Å²) in [7, 11) is 0. The summed E-state index contributed by atoms with van der Waals surface area (Å²) in [5, 5.41) is 11.4. The third-order valence-corrected chi connectivity index (χ3v) is 12.1. The molecule has 3 aromatic heterocycles. The van der Waals surface area contributed by atoms with Crippen LogP contribution in [0.1, 0.15) is 73.2 Å². The monoisotopic (exact) mass is 774 g/mol. The van der Waals surface area contributed by atoms with Crippen LogP contribution in [-0.4, -0.2) is 49.4 Å². The van der Waals surface area contributed by atoms with Gasteiger partial charge in [-0.1, -0.05) is 0 Å². The topological polar surface area (TPSA) is 106 Å². The van der Waals surface area contributed by atoms with Gasteiger partial charge in [0.1, 0.15) is 23.2 Å². The Kier molecular flexibility index (Phi) is 9.45. The Bertz CT molecular complexity index is 2400. The number of hydrogen-bond donors (Lipinski definition) is 2. The number of aryl methyl sites for hydroxylation is 2. The van der Waals surface area contributed by atoms with Crippen molar-refractivity contribution in [2.24, 2.45) is 25.9 Å². The number of fused-ring (bicyclic) bond motifs is 1. The van der Waals surface area contributed by atoms with Gasteiger partial charge in [0.15, 0.2) is 17.6 Å². The van der Waals surface area contributed by atoms with Gasteiger partial charge in [0.2, 0.25) is 0 Å². The minimum absolute atomic E-state index is 0.210. The lowest BCUT2D eigenvalue weighted by Gasteiger charge is -2.29. The highest BCUT2D eigenvalue weighted by Gasteiger charge is 2.34. The Morgan fingerprint density at radius 3 is 1.84 bits per heavy atom. The van der Waals surface area contributed by atoms with Crippen LogP contribution in [0.3, 0.4) is 0 Å². The summed E-state index contributed by atoms with van der Waals surface area (Å²) in [6.45, 7) is 8.15. The minimum atomic E-state index is -0.210. The first kappa shape index (κ1) is 35.5. The van der Waals surface area contributed by atoms with Gasteiger partial charge in [-0.15, -0.1) is 0 Å². The number of nitrogens with zero attached hydrogens (tertiary/aromatic N) is 6. The van der Waals surface area contributed by atoms with Gasteiger partial charge < -0.3 is 29.3 Å². The number of piperidine rings is 2. The van der Waals surface area contributed by atoms with Crippen LogP contribution in [0.15, 0.2) is 124 Å². The Labute approximate surface area is 337 Å². The number of amidine groups is 3. The average Bonchev–Trinajstić information content (AvgIpc) is 3.97. The number of nitrogens with one attached hydrogen (secondary N) is 2. The van der Waals surface area contributed by atoms with Gasteiger partial charge in [-0.05, 0) is 136 Å². The van der Waals surface area contributed by atoms with Crippen molar-refractivity contribution in [1.29, 1.82) is 0 Å². The highest BCUT2D eigenvalue weighted by atomic mass is 32.1. The van der Waals surface area contributed by atoms with E-state index in [0.29, 0.717) is 35.7 Å². The molecule has 288 valence electrons. The Morgan fingerprint density at radius 2 is 1.25 bits per heavy atom. The van der Waals surface area contributed by atoms with Crippen molar-refractivity contribution in [1.82, 2.24) is 0 Å². The number of allylic oxidation sites excluding steroid dienone is 3. The van der Waals surface area contributed by atoms with Crippen LogP contribution in [0.4, 0.5) is 34.5 Å². The van der Waals surface area contributed by atoms with Crippen molar-refractivity contribution in [2.45, 2.75) is 58.8 Å². The van der Waals surface area contributed by atoms with E-state index < -0.39 is 0 Å². The summed E-state index contributed by atoms with van der Waals surface area (Å²) in [5.74, 6) is 4.94. The lowest BCUT2D eigenvalue weighted by Crippen LogP contribution is -2.29. The van der Waals surface area contributed by atoms with Gasteiger partial charge >= 0.3 is 0 Å². The molecule has 1 atom stereocenters. The molecule has 10 rings (SSSR count). The molecule has 5 aromatic rings. The number of hydrogen-bond acceptors (Lipinski definition) is 11. The van der Waals surface area contributed by atoms with Gasteiger partial charge in [-0.3, -0.25) is 0 Å². The van der Waals surface area contributed by atoms with E-state index in [4.69, 9.17) is 28.8 Å². The minimum Gasteiger partial charge on any atom is -0.446 e. The average molecular weight is 775 g/mol. The fraction of sp³-hybridized carbons (Fsp3) is 0.304. The molecule has 57 heavy (non-hydrogen) atoms. The molecule has 0 saturated carbocycles. The van der Waals surface area contributed by atoms with Crippen LogP contribution in [-0.2, 0) is 0 Å². The number of anilines is 6. The van der Waals surface area contributed by atoms with Gasteiger partial charge in [0.25, 0.3) is 0 Å². The Morgan fingerprint density at radius 1 is 0.632 bits per heavy atom. The summed E-state index contributed by atoms with van der Waals surface area (Å²) < 4.78 is 12.1. The van der Waals surface area contributed by atoms with E-state index in [1.54, 1.807) is 11.3 Å². The molecular weight excluding hydrogens is 729 g/mol. The lowest BCUT2D eigenvalue weighted by atomic mass is 9.95. The Balaban J connectivity index is 1.12. The van der Waals surface area contributed by atoms with Crippen molar-refractivity contribution in [3.63, 3.8) is 0 Å². The zero-order valence-electron chi connectivity index (χ0n) is 32.4. The largest absolute Gasteiger partial charge is 0.446 e. The molecule has 0 spiro atoms. The first-order valence-corrected chi connectivity index (χ1v) is 21.2. The molecule has 11 heteroatoms. The summed E-state index contributed by atoms with van der Waals surface area (Å²) in [4.78, 5) is 26.0. The number of aliphatic imine (C=N–C) groups is 4. The third-order valence-electron chi connectivity index (χ3n) is 11.4. The van der Waals surface area contributed by atoms with Gasteiger partial charge in [0, 0.05) is 71.8 Å². The van der Waals surface area contributed by atoms with E-state index in [-0.39, 0.29) is 5.92 Å². The van der Waals surface area contributed by atoms with E-state index in [9.17, 15) is 0 Å². The maximum atomic E-state index is 6.05. The standard InChI is InChI=1S/C46H46N8O2S/c1-29-9-15-42(55-29)47-40-26-33(53-18-5-3-6-19-53)11-13-35(40)38-24-31-23-37-45(49-38)51-44(32-17-22-57-28-32)52-46(37)50-39(25-31)36-14-12-34(54-20-7-4-8-21-54)27-41(36)48-43-16-10-30(2)56-43/h9-17,22,24-28,37,47-48H,3-8,18-21,23H2,1-2H3. The molecule has 2 N–H and O–H groups in total. The summed E-state index contributed by atoms with van der Waals surface area (Å²) in [6.07, 6.45) is 12.5. The molecule has 0 amide bonds. The molecule has 5 aliphatic rings. The molecule has 10 nitrogen and oxygen atoms in total. The molecular formula is C46H46N8O2S. The fourth-order valence-corrected chi connectivity index (χ4v) is 9.08. The molecule has 2 saturated heterocycles. The van der Waals surface area contributed by atoms with Crippen LogP contribution in [0, 0.1) is 19.8 Å². The SMILES string of the molecule is Cc1ccc(Nc2cc(N3CCCCC3)ccc2C2=CC3=CC(c4ccc(N5CCCCC5)cc4Nc4ccc(C)o4)=NC4=NC(c5ccsc5)=NC(=N2)C4C3)o1. The normalized spacial score (nSPS) is 19.4. The first-order valence-electron chi connectivity index (χ1n) is 20.2. The predicted molar refractivity (Wildman–Crippen MR) is 235 cm³/mol. The number of benzene rings is 2. The predicted octanol–water partition coefficient (Wildman–Crippen LogP) is 11.1. The second-order valence-corrected chi connectivity index (χ2v) is 16.3. The van der Waals surface area contributed by atoms with E-state index in [1.165, 1.54) is 49.9 Å². The smallest absolute Gasteiger partial charge is 0.197 e. The molecule has 2 aromatic carbocycles. The molecule has 2 fully saturated rings. The van der Waals surface area contributed by atoms with Crippen LogP contribution in [0.5, 0.6) is 0 Å². The van der Waals surface area contributed by atoms with Gasteiger partial charge in [-0.2, -0.15) is 11.3 Å². The summed E-state index contributed by atoms with van der Waals surface area (Å²) in [6, 6.07) is 23.4. The van der Waals surface area contributed by atoms with E-state index >= 15 is 0 Å². The number of thiophene rings is 1. The first-order chi connectivity index (χ1) is 28.0. The van der Waals surface area contributed by atoms with Crippen molar-refractivity contribution in [2.75, 3.05) is 46.6 Å². The van der Waals surface area contributed by atoms with Crippen molar-refractivity contribution in [3.8, 4) is 0 Å². The van der Waals surface area contributed by atoms with E-state index in [0.717, 1.165) is 82.7 Å². The van der Waals surface area contributed by atoms with E-state index in [1.807, 2.05) is 38.1 Å². The van der Waals surface area contributed by atoms with Crippen molar-refractivity contribution >= 4 is 74.8 Å². The Hall–Kier alpha value is -5.94. The maximum Gasteiger partial charge on any atom is 0.197 e. The maximum absolute atomic E-state index is 6.05. The quantitative estimate of drug-likeness (QED) is 0.154. The molecule has 0 radical (unpaired) electrons. The third kappa shape index (κ3) is 7.39. The zero-order valence-corrected chi connectivity index (χ0v) is 33.2. The van der Waals surface area contributed by atoms with Gasteiger partial charge in [-0.25, -0.2) is 20.0 Å². The fourth-order valence-electron chi connectivity index (χ4n) is 8.44. The lowest BCUT2D eigenvalue weighted by molar-refractivity contribution is 0.550. The van der Waals surface area contributed by atoms with Gasteiger partial charge in [0.05, 0.1) is 28.7 Å². The molecule has 1 unspecified atom stereocenters. The van der Waals surface area contributed by atoms with Crippen LogP contribution < -0.4 is 20.4 Å². The molecule has 5 aliphatic heterocycles. The van der Waals surface area contributed by atoms with Crippen molar-refractivity contribution < 1.29 is 8.83 Å². The van der Waals surface area contributed by atoms with E-state index in [2.05, 4.69) is 85.8 Å². The zero-order chi connectivity index (χ0) is 38.3. The second-order valence-electron chi connectivity index (χ2n) is 15.5. The van der Waals surface area contributed by atoms with Crippen molar-refractivity contribution in [3.05, 3.63) is 123 Å². The van der Waals surface area contributed by atoms with Crippen LogP contribution in [0.2, 0.25) is 0 Å². The molecule has 2 bridgehead atoms. The summed E-state index contributed by atoms with van der Waals surface area (Å²) >= 11 is 1.63. The molecule has 8 heterocycles. The van der Waals surface area contributed by atoms with Crippen LogP contribution >= 0.6 is 11.3 Å². The molecule has 0 aliphatic carbocycles. The summed E-state index contributed by atoms with van der Waals surface area (Å²) in [5.41, 5.74) is 9.93.